The van der Waals surface area contributed by atoms with Crippen LogP contribution in [0.1, 0.15) is 32.1 Å². The maximum Gasteiger partial charge on any atom is 0.238 e. The number of carbonyl (C=O) groups is 1. The van der Waals surface area contributed by atoms with Gasteiger partial charge in [0.1, 0.15) is 6.10 Å². The van der Waals surface area contributed by atoms with Gasteiger partial charge in [0.15, 0.2) is 11.6 Å². The Morgan fingerprint density at radius 2 is 1.89 bits per heavy atom. The molecule has 0 spiro atoms. The Morgan fingerprint density at radius 1 is 1.14 bits per heavy atom. The predicted molar refractivity (Wildman–Crippen MR) is 105 cm³/mol. The highest BCUT2D eigenvalue weighted by atomic mass is 19.1. The van der Waals surface area contributed by atoms with Gasteiger partial charge < -0.3 is 19.7 Å². The molecule has 0 atom stereocenters. The molecule has 6 nitrogen and oxygen atoms in total. The lowest BCUT2D eigenvalue weighted by Crippen LogP contribution is -2.46. The number of likely N-dealkylation sites (tertiary alicyclic amines) is 1. The smallest absolute Gasteiger partial charge is 0.238 e. The fourth-order valence-corrected chi connectivity index (χ4v) is 4.13. The molecule has 2 heterocycles. The Morgan fingerprint density at radius 3 is 2.54 bits per heavy atom. The van der Waals surface area contributed by atoms with E-state index in [0.29, 0.717) is 25.4 Å². The van der Waals surface area contributed by atoms with Gasteiger partial charge >= 0.3 is 0 Å². The number of morpholine rings is 1. The summed E-state index contributed by atoms with van der Waals surface area (Å²) < 4.78 is 25.7. The lowest BCUT2D eigenvalue weighted by molar-refractivity contribution is -0.118. The van der Waals surface area contributed by atoms with E-state index >= 15 is 0 Å². The van der Waals surface area contributed by atoms with Crippen LogP contribution >= 0.6 is 0 Å². The molecule has 2 saturated heterocycles. The van der Waals surface area contributed by atoms with Crippen molar-refractivity contribution in [1.82, 2.24) is 9.80 Å². The van der Waals surface area contributed by atoms with Crippen LogP contribution in [0.5, 0.6) is 5.75 Å². The van der Waals surface area contributed by atoms with Crippen LogP contribution in [-0.4, -0.2) is 73.8 Å². The maximum atomic E-state index is 14.5. The first-order chi connectivity index (χ1) is 13.7. The Hall–Kier alpha value is -1.70. The number of piperidine rings is 1. The molecular weight excluding hydrogens is 361 g/mol. The van der Waals surface area contributed by atoms with E-state index in [-0.39, 0.29) is 17.8 Å². The van der Waals surface area contributed by atoms with Crippen molar-refractivity contribution in [2.24, 2.45) is 0 Å². The van der Waals surface area contributed by atoms with Crippen molar-refractivity contribution in [3.63, 3.8) is 0 Å². The van der Waals surface area contributed by atoms with Gasteiger partial charge in [0.2, 0.25) is 5.91 Å². The number of rotatable bonds is 6. The van der Waals surface area contributed by atoms with E-state index in [0.717, 1.165) is 45.1 Å². The molecule has 1 amide bonds. The second kappa shape index (κ2) is 9.20. The quantitative estimate of drug-likeness (QED) is 0.808. The normalized spacial score (nSPS) is 22.6. The third-order valence-electron chi connectivity index (χ3n) is 6.05. The van der Waals surface area contributed by atoms with Crippen LogP contribution in [-0.2, 0) is 9.53 Å². The lowest BCUT2D eigenvalue weighted by atomic mass is 9.90. The van der Waals surface area contributed by atoms with Gasteiger partial charge in [-0.05, 0) is 37.8 Å². The minimum absolute atomic E-state index is 0.0626. The zero-order valence-corrected chi connectivity index (χ0v) is 16.4. The van der Waals surface area contributed by atoms with Crippen LogP contribution < -0.4 is 10.1 Å². The standard InChI is InChI=1S/C21H30FN3O3/c22-19-14-16(23-21(26)15-24-10-12-27-13-11-24)4-5-20(19)28-18-6-8-25(9-7-18)17-2-1-3-17/h4-5,14,17-18H,1-3,6-13,15H2,(H,23,26). The van der Waals surface area contributed by atoms with E-state index in [9.17, 15) is 9.18 Å². The molecule has 28 heavy (non-hydrogen) atoms. The van der Waals surface area contributed by atoms with Crippen LogP contribution in [0, 0.1) is 5.82 Å². The number of anilines is 1. The third-order valence-corrected chi connectivity index (χ3v) is 6.05. The second-order valence-electron chi connectivity index (χ2n) is 8.02. The summed E-state index contributed by atoms with van der Waals surface area (Å²) in [5.41, 5.74) is 0.461. The summed E-state index contributed by atoms with van der Waals surface area (Å²) in [6.07, 6.45) is 5.93. The van der Waals surface area contributed by atoms with Crippen LogP contribution in [0.4, 0.5) is 10.1 Å². The highest BCUT2D eigenvalue weighted by molar-refractivity contribution is 5.92. The van der Waals surface area contributed by atoms with E-state index in [1.165, 1.54) is 25.3 Å². The topological polar surface area (TPSA) is 54.0 Å². The van der Waals surface area contributed by atoms with E-state index in [4.69, 9.17) is 9.47 Å². The predicted octanol–water partition coefficient (Wildman–Crippen LogP) is 2.49. The SMILES string of the molecule is O=C(CN1CCOCC1)Nc1ccc(OC2CCN(C3CCC3)CC2)c(F)c1. The molecule has 0 aromatic heterocycles. The van der Waals surface area contributed by atoms with Gasteiger partial charge in [0, 0.05) is 44.0 Å². The summed E-state index contributed by atoms with van der Waals surface area (Å²) in [6, 6.07) is 5.44. The van der Waals surface area contributed by atoms with Crippen LogP contribution in [0.25, 0.3) is 0 Å². The number of nitrogens with one attached hydrogen (secondary N) is 1. The first-order valence-electron chi connectivity index (χ1n) is 10.5. The zero-order chi connectivity index (χ0) is 19.3. The summed E-state index contributed by atoms with van der Waals surface area (Å²) in [5, 5.41) is 2.77. The first kappa shape index (κ1) is 19.6. The first-order valence-corrected chi connectivity index (χ1v) is 10.5. The van der Waals surface area contributed by atoms with Gasteiger partial charge in [0.05, 0.1) is 19.8 Å². The van der Waals surface area contributed by atoms with Crippen LogP contribution in [0.15, 0.2) is 18.2 Å². The van der Waals surface area contributed by atoms with Crippen molar-refractivity contribution in [1.29, 1.82) is 0 Å². The van der Waals surface area contributed by atoms with Crippen molar-refractivity contribution in [2.45, 2.75) is 44.2 Å². The molecule has 154 valence electrons. The Kier molecular flexibility index (Phi) is 6.44. The minimum atomic E-state index is -0.425. The number of nitrogens with zero attached hydrogens (tertiary/aromatic N) is 2. The molecule has 2 aliphatic heterocycles. The van der Waals surface area contributed by atoms with Crippen molar-refractivity contribution >= 4 is 11.6 Å². The highest BCUT2D eigenvalue weighted by Gasteiger charge is 2.29. The molecular formula is C21H30FN3O3. The molecule has 3 fully saturated rings. The van der Waals surface area contributed by atoms with Crippen LogP contribution in [0.3, 0.4) is 0 Å². The van der Waals surface area contributed by atoms with E-state index in [1.54, 1.807) is 12.1 Å². The fourth-order valence-electron chi connectivity index (χ4n) is 4.13. The summed E-state index contributed by atoms with van der Waals surface area (Å²) in [6.45, 7) is 5.14. The molecule has 0 radical (unpaired) electrons. The Balaban J connectivity index is 1.25. The summed E-state index contributed by atoms with van der Waals surface area (Å²) in [7, 11) is 0. The Bertz CT molecular complexity index is 669. The van der Waals surface area contributed by atoms with Crippen LogP contribution in [0.2, 0.25) is 0 Å². The number of carbonyl (C=O) groups excluding carboxylic acids is 1. The maximum absolute atomic E-state index is 14.5. The lowest BCUT2D eigenvalue weighted by Gasteiger charge is -2.41. The number of benzene rings is 1. The summed E-state index contributed by atoms with van der Waals surface area (Å²) >= 11 is 0. The summed E-state index contributed by atoms with van der Waals surface area (Å²) in [4.78, 5) is 16.7. The molecule has 1 aliphatic carbocycles. The molecule has 7 heteroatoms. The number of ether oxygens (including phenoxy) is 2. The minimum Gasteiger partial charge on any atom is -0.487 e. The van der Waals surface area contributed by atoms with Gasteiger partial charge in [-0.1, -0.05) is 6.42 Å². The van der Waals surface area contributed by atoms with E-state index in [2.05, 4.69) is 10.2 Å². The van der Waals surface area contributed by atoms with Crippen molar-refractivity contribution in [3.8, 4) is 5.75 Å². The number of halogens is 1. The molecule has 0 bridgehead atoms. The number of amides is 1. The number of hydrogen-bond acceptors (Lipinski definition) is 5. The van der Waals surface area contributed by atoms with Crippen molar-refractivity contribution < 1.29 is 18.7 Å². The van der Waals surface area contributed by atoms with Gasteiger partial charge in [-0.3, -0.25) is 9.69 Å². The monoisotopic (exact) mass is 391 g/mol. The molecule has 1 aromatic rings. The van der Waals surface area contributed by atoms with E-state index < -0.39 is 5.82 Å². The average Bonchev–Trinajstić information content (AvgIpc) is 2.65. The average molecular weight is 391 g/mol. The fraction of sp³-hybridized carbons (Fsp3) is 0.667. The molecule has 0 unspecified atom stereocenters. The zero-order valence-electron chi connectivity index (χ0n) is 16.4. The molecule has 1 N–H and O–H groups in total. The Labute approximate surface area is 166 Å². The third kappa shape index (κ3) is 5.01. The van der Waals surface area contributed by atoms with Gasteiger partial charge in [-0.15, -0.1) is 0 Å². The van der Waals surface area contributed by atoms with Crippen molar-refractivity contribution in [3.05, 3.63) is 24.0 Å². The number of hydrogen-bond donors (Lipinski definition) is 1. The molecule has 1 saturated carbocycles. The van der Waals surface area contributed by atoms with Gasteiger partial charge in [-0.2, -0.15) is 0 Å². The van der Waals surface area contributed by atoms with Gasteiger partial charge in [-0.25, -0.2) is 4.39 Å². The molecule has 3 aliphatic rings. The second-order valence-corrected chi connectivity index (χ2v) is 8.02. The van der Waals surface area contributed by atoms with Crippen molar-refractivity contribution in [2.75, 3.05) is 51.3 Å². The molecule has 4 rings (SSSR count). The van der Waals surface area contributed by atoms with E-state index in [1.807, 2.05) is 4.90 Å². The highest BCUT2D eigenvalue weighted by Crippen LogP contribution is 2.29. The molecule has 1 aromatic carbocycles. The van der Waals surface area contributed by atoms with Gasteiger partial charge in [0.25, 0.3) is 0 Å². The summed E-state index contributed by atoms with van der Waals surface area (Å²) in [5.74, 6) is -0.294. The largest absolute Gasteiger partial charge is 0.487 e.